The SMILES string of the molecule is Cc1cc(F)c(N2C=C3CCCN3C2c2ccc3[nH]ncc3c2)cc1F. The van der Waals surface area contributed by atoms with E-state index in [-0.39, 0.29) is 11.9 Å². The minimum Gasteiger partial charge on any atom is -0.349 e. The van der Waals surface area contributed by atoms with E-state index < -0.39 is 11.6 Å². The average molecular weight is 352 g/mol. The van der Waals surface area contributed by atoms with E-state index in [0.29, 0.717) is 5.56 Å². The number of nitrogens with one attached hydrogen (secondary N) is 1. The van der Waals surface area contributed by atoms with Gasteiger partial charge < -0.3 is 9.80 Å². The van der Waals surface area contributed by atoms with Crippen molar-refractivity contribution in [2.24, 2.45) is 0 Å². The van der Waals surface area contributed by atoms with Crippen LogP contribution in [0.25, 0.3) is 10.9 Å². The van der Waals surface area contributed by atoms with Crippen molar-refractivity contribution in [3.05, 3.63) is 71.2 Å². The van der Waals surface area contributed by atoms with Gasteiger partial charge in [-0.05, 0) is 49.1 Å². The van der Waals surface area contributed by atoms with Crippen LogP contribution in [0.3, 0.4) is 0 Å². The van der Waals surface area contributed by atoms with Crippen LogP contribution in [0.2, 0.25) is 0 Å². The molecule has 0 radical (unpaired) electrons. The molecule has 1 unspecified atom stereocenters. The van der Waals surface area contributed by atoms with Crippen molar-refractivity contribution < 1.29 is 8.78 Å². The van der Waals surface area contributed by atoms with E-state index in [4.69, 9.17) is 0 Å². The molecule has 2 aromatic carbocycles. The first-order chi connectivity index (χ1) is 12.6. The monoisotopic (exact) mass is 352 g/mol. The highest BCUT2D eigenvalue weighted by Crippen LogP contribution is 2.44. The number of H-pyrrole nitrogens is 1. The van der Waals surface area contributed by atoms with Gasteiger partial charge >= 0.3 is 0 Å². The van der Waals surface area contributed by atoms with Gasteiger partial charge in [0, 0.05) is 29.9 Å². The number of hydrogen-bond acceptors (Lipinski definition) is 3. The fourth-order valence-electron chi connectivity index (χ4n) is 4.01. The van der Waals surface area contributed by atoms with E-state index in [2.05, 4.69) is 21.2 Å². The van der Waals surface area contributed by atoms with Crippen LogP contribution in [0.15, 0.2) is 48.4 Å². The second-order valence-electron chi connectivity index (χ2n) is 6.97. The quantitative estimate of drug-likeness (QED) is 0.732. The Morgan fingerprint density at radius 2 is 2.04 bits per heavy atom. The molecule has 0 bridgehead atoms. The number of anilines is 1. The molecule has 5 rings (SSSR count). The number of aromatic amines is 1. The zero-order valence-corrected chi connectivity index (χ0v) is 14.3. The molecule has 1 fully saturated rings. The van der Waals surface area contributed by atoms with Gasteiger partial charge in [-0.1, -0.05) is 6.07 Å². The Hall–Kier alpha value is -2.89. The second-order valence-corrected chi connectivity index (χ2v) is 6.97. The summed E-state index contributed by atoms with van der Waals surface area (Å²) in [5.41, 5.74) is 3.75. The average Bonchev–Trinajstić information content (AvgIpc) is 3.32. The van der Waals surface area contributed by atoms with Crippen molar-refractivity contribution in [1.82, 2.24) is 15.1 Å². The molecule has 3 heterocycles. The van der Waals surface area contributed by atoms with Gasteiger partial charge in [-0.25, -0.2) is 8.78 Å². The van der Waals surface area contributed by atoms with Gasteiger partial charge in [-0.15, -0.1) is 0 Å². The third-order valence-corrected chi connectivity index (χ3v) is 5.32. The summed E-state index contributed by atoms with van der Waals surface area (Å²) in [6.45, 7) is 2.49. The molecule has 26 heavy (non-hydrogen) atoms. The number of aromatic nitrogens is 2. The maximum atomic E-state index is 14.7. The second kappa shape index (κ2) is 5.56. The number of benzene rings is 2. The Labute approximate surface area is 149 Å². The number of halogens is 2. The first-order valence-electron chi connectivity index (χ1n) is 8.76. The molecule has 4 nitrogen and oxygen atoms in total. The molecule has 1 N–H and O–H groups in total. The first kappa shape index (κ1) is 15.4. The molecule has 3 aromatic rings. The lowest BCUT2D eigenvalue weighted by Gasteiger charge is -2.33. The first-order valence-corrected chi connectivity index (χ1v) is 8.76. The molecule has 1 aromatic heterocycles. The molecule has 6 heteroatoms. The Morgan fingerprint density at radius 3 is 2.92 bits per heavy atom. The summed E-state index contributed by atoms with van der Waals surface area (Å²) >= 11 is 0. The van der Waals surface area contributed by atoms with E-state index in [1.54, 1.807) is 13.1 Å². The van der Waals surface area contributed by atoms with Crippen molar-refractivity contribution in [1.29, 1.82) is 0 Å². The molecular formula is C20H18F2N4. The van der Waals surface area contributed by atoms with E-state index in [1.165, 1.54) is 17.8 Å². The van der Waals surface area contributed by atoms with Crippen LogP contribution in [-0.4, -0.2) is 21.6 Å². The van der Waals surface area contributed by atoms with Gasteiger partial charge in [-0.2, -0.15) is 5.10 Å². The highest BCUT2D eigenvalue weighted by Gasteiger charge is 2.37. The van der Waals surface area contributed by atoms with Gasteiger partial charge in [0.25, 0.3) is 0 Å². The lowest BCUT2D eigenvalue weighted by Crippen LogP contribution is -2.31. The van der Waals surface area contributed by atoms with Crippen molar-refractivity contribution in [2.45, 2.75) is 25.9 Å². The highest BCUT2D eigenvalue weighted by molar-refractivity contribution is 5.79. The Kier molecular flexibility index (Phi) is 3.29. The predicted molar refractivity (Wildman–Crippen MR) is 96.4 cm³/mol. The summed E-state index contributed by atoms with van der Waals surface area (Å²) in [4.78, 5) is 4.13. The molecule has 2 aliphatic heterocycles. The van der Waals surface area contributed by atoms with Crippen LogP contribution >= 0.6 is 0 Å². The third kappa shape index (κ3) is 2.21. The predicted octanol–water partition coefficient (Wildman–Crippen LogP) is 4.61. The minimum absolute atomic E-state index is 0.177. The summed E-state index contributed by atoms with van der Waals surface area (Å²) in [6.07, 6.45) is 5.60. The topological polar surface area (TPSA) is 35.2 Å². The van der Waals surface area contributed by atoms with Gasteiger partial charge in [0.1, 0.15) is 17.8 Å². The molecule has 1 atom stereocenters. The minimum atomic E-state index is -0.406. The number of hydrogen-bond donors (Lipinski definition) is 1. The van der Waals surface area contributed by atoms with E-state index >= 15 is 0 Å². The van der Waals surface area contributed by atoms with E-state index in [0.717, 1.165) is 35.9 Å². The molecule has 0 aliphatic carbocycles. The Bertz CT molecular complexity index is 1040. The van der Waals surface area contributed by atoms with Crippen molar-refractivity contribution in [2.75, 3.05) is 11.4 Å². The molecule has 0 saturated carbocycles. The summed E-state index contributed by atoms with van der Waals surface area (Å²) in [7, 11) is 0. The zero-order chi connectivity index (χ0) is 17.8. The van der Waals surface area contributed by atoms with Crippen LogP contribution in [0, 0.1) is 18.6 Å². The molecule has 1 saturated heterocycles. The third-order valence-electron chi connectivity index (χ3n) is 5.32. The van der Waals surface area contributed by atoms with Crippen molar-refractivity contribution in [3.8, 4) is 0 Å². The summed E-state index contributed by atoms with van der Waals surface area (Å²) < 4.78 is 28.8. The molecule has 0 spiro atoms. The van der Waals surface area contributed by atoms with Gasteiger partial charge in [0.05, 0.1) is 17.4 Å². The number of allylic oxidation sites excluding steroid dienone is 1. The number of aryl methyl sites for hydroxylation is 1. The van der Waals surface area contributed by atoms with Crippen molar-refractivity contribution in [3.63, 3.8) is 0 Å². The lowest BCUT2D eigenvalue weighted by molar-refractivity contribution is 0.318. The van der Waals surface area contributed by atoms with Gasteiger partial charge in [0.2, 0.25) is 0 Å². The summed E-state index contributed by atoms with van der Waals surface area (Å²) in [5.74, 6) is -0.799. The number of rotatable bonds is 2. The molecular weight excluding hydrogens is 334 g/mol. The number of nitrogens with zero attached hydrogens (tertiary/aromatic N) is 3. The highest BCUT2D eigenvalue weighted by atomic mass is 19.1. The van der Waals surface area contributed by atoms with Crippen molar-refractivity contribution >= 4 is 16.6 Å². The van der Waals surface area contributed by atoms with Crippen LogP contribution in [-0.2, 0) is 0 Å². The lowest BCUT2D eigenvalue weighted by atomic mass is 10.1. The fourth-order valence-corrected chi connectivity index (χ4v) is 4.01. The Morgan fingerprint density at radius 1 is 1.15 bits per heavy atom. The van der Waals surface area contributed by atoms with E-state index in [9.17, 15) is 8.78 Å². The maximum absolute atomic E-state index is 14.7. The van der Waals surface area contributed by atoms with E-state index in [1.807, 2.05) is 23.2 Å². The summed E-state index contributed by atoms with van der Waals surface area (Å²) in [6, 6.07) is 8.63. The zero-order valence-electron chi connectivity index (χ0n) is 14.3. The fraction of sp³-hybridized carbons (Fsp3) is 0.250. The number of fused-ring (bicyclic) bond motifs is 2. The molecule has 2 aliphatic rings. The summed E-state index contributed by atoms with van der Waals surface area (Å²) in [5, 5.41) is 8.03. The smallest absolute Gasteiger partial charge is 0.147 e. The standard InChI is InChI=1S/C20H18F2N4/c1-12-7-17(22)19(9-16(12)21)26-11-15-3-2-6-25(15)20(26)13-4-5-18-14(8-13)10-23-24-18/h4-5,7-11,20H,2-3,6H2,1H3,(H,23,24). The Balaban J connectivity index is 1.65. The van der Waals surface area contributed by atoms with Gasteiger partial charge in [-0.3, -0.25) is 5.10 Å². The molecule has 132 valence electrons. The van der Waals surface area contributed by atoms with Crippen LogP contribution in [0.1, 0.15) is 30.1 Å². The molecule has 0 amide bonds. The van der Waals surface area contributed by atoms with Crippen LogP contribution in [0.5, 0.6) is 0 Å². The van der Waals surface area contributed by atoms with Crippen LogP contribution < -0.4 is 4.90 Å². The maximum Gasteiger partial charge on any atom is 0.147 e. The largest absolute Gasteiger partial charge is 0.349 e. The van der Waals surface area contributed by atoms with Crippen LogP contribution in [0.4, 0.5) is 14.5 Å². The normalized spacial score (nSPS) is 19.3. The van der Waals surface area contributed by atoms with Gasteiger partial charge in [0.15, 0.2) is 0 Å².